The van der Waals surface area contributed by atoms with Gasteiger partial charge < -0.3 is 10.1 Å². The molecule has 18 heavy (non-hydrogen) atoms. The lowest BCUT2D eigenvalue weighted by Gasteiger charge is -2.10. The zero-order valence-corrected chi connectivity index (χ0v) is 10.6. The van der Waals surface area contributed by atoms with Gasteiger partial charge in [0.2, 0.25) is 0 Å². The number of hydrogen-bond acceptors (Lipinski definition) is 3. The highest BCUT2D eigenvalue weighted by atomic mass is 16.5. The molecule has 2 unspecified atom stereocenters. The van der Waals surface area contributed by atoms with Gasteiger partial charge in [0.1, 0.15) is 0 Å². The Labute approximate surface area is 107 Å². The summed E-state index contributed by atoms with van der Waals surface area (Å²) in [6, 6.07) is 12.9. The number of pyridine rings is 1. The molecule has 0 aliphatic carbocycles. The van der Waals surface area contributed by atoms with E-state index in [0.29, 0.717) is 18.8 Å². The van der Waals surface area contributed by atoms with Gasteiger partial charge in [-0.3, -0.25) is 4.98 Å². The molecule has 2 atom stereocenters. The smallest absolute Gasteiger partial charge is 0.0892 e. The van der Waals surface area contributed by atoms with Crippen LogP contribution in [0.2, 0.25) is 0 Å². The molecular weight excluding hydrogens is 224 g/mol. The van der Waals surface area contributed by atoms with Crippen molar-refractivity contribution in [3.05, 3.63) is 42.1 Å². The van der Waals surface area contributed by atoms with E-state index in [0.717, 1.165) is 24.2 Å². The average Bonchev–Trinajstić information content (AvgIpc) is 2.82. The second kappa shape index (κ2) is 5.04. The number of nitrogens with one attached hydrogen (secondary N) is 1. The molecular formula is C15H18N2O. The number of ether oxygens (including phenoxy) is 1. The van der Waals surface area contributed by atoms with Crippen molar-refractivity contribution in [1.82, 2.24) is 10.3 Å². The van der Waals surface area contributed by atoms with Gasteiger partial charge in [-0.1, -0.05) is 24.3 Å². The Balaban J connectivity index is 1.67. The van der Waals surface area contributed by atoms with Crippen molar-refractivity contribution in [2.24, 2.45) is 0 Å². The Hall–Kier alpha value is -1.45. The molecule has 1 saturated heterocycles. The third-order valence-corrected chi connectivity index (χ3v) is 3.43. The van der Waals surface area contributed by atoms with Gasteiger partial charge in [0, 0.05) is 18.0 Å². The van der Waals surface area contributed by atoms with Gasteiger partial charge in [-0.2, -0.15) is 0 Å². The number of nitrogens with zero attached hydrogens (tertiary/aromatic N) is 1. The van der Waals surface area contributed by atoms with Crippen LogP contribution in [0.1, 0.15) is 19.0 Å². The highest BCUT2D eigenvalue weighted by Crippen LogP contribution is 2.15. The number of benzene rings is 1. The van der Waals surface area contributed by atoms with Gasteiger partial charge in [-0.05, 0) is 25.5 Å². The zero-order chi connectivity index (χ0) is 12.4. The Kier molecular flexibility index (Phi) is 3.26. The highest BCUT2D eigenvalue weighted by Gasteiger charge is 2.20. The normalized spacial score (nSPS) is 23.6. The molecule has 3 nitrogen and oxygen atoms in total. The summed E-state index contributed by atoms with van der Waals surface area (Å²) in [4.78, 5) is 4.61. The van der Waals surface area contributed by atoms with Crippen LogP contribution in [0.15, 0.2) is 36.4 Å². The lowest BCUT2D eigenvalue weighted by Crippen LogP contribution is -2.18. The molecule has 1 aromatic carbocycles. The molecule has 2 aromatic rings. The summed E-state index contributed by atoms with van der Waals surface area (Å²) < 4.78 is 5.88. The maximum atomic E-state index is 5.88. The van der Waals surface area contributed by atoms with Gasteiger partial charge in [-0.15, -0.1) is 0 Å². The molecule has 3 rings (SSSR count). The standard InChI is InChI=1S/C15H18N2O/c1-11-8-14(9-16-11)18-10-13-7-6-12-4-2-3-5-15(12)17-13/h2-7,11,14,16H,8-10H2,1H3. The quantitative estimate of drug-likeness (QED) is 0.898. The third kappa shape index (κ3) is 2.52. The van der Waals surface area contributed by atoms with E-state index in [-0.39, 0.29) is 0 Å². The van der Waals surface area contributed by atoms with Gasteiger partial charge in [-0.25, -0.2) is 0 Å². The maximum Gasteiger partial charge on any atom is 0.0892 e. The van der Waals surface area contributed by atoms with E-state index in [9.17, 15) is 0 Å². The summed E-state index contributed by atoms with van der Waals surface area (Å²) in [5.74, 6) is 0. The summed E-state index contributed by atoms with van der Waals surface area (Å²) in [6.07, 6.45) is 1.42. The monoisotopic (exact) mass is 242 g/mol. The van der Waals surface area contributed by atoms with Crippen LogP contribution in [-0.4, -0.2) is 23.7 Å². The fourth-order valence-corrected chi connectivity index (χ4v) is 2.41. The van der Waals surface area contributed by atoms with Crippen molar-refractivity contribution in [2.75, 3.05) is 6.54 Å². The average molecular weight is 242 g/mol. The molecule has 1 N–H and O–H groups in total. The van der Waals surface area contributed by atoms with Gasteiger partial charge in [0.05, 0.1) is 23.9 Å². The van der Waals surface area contributed by atoms with E-state index < -0.39 is 0 Å². The lowest BCUT2D eigenvalue weighted by atomic mass is 10.2. The van der Waals surface area contributed by atoms with Crippen LogP contribution >= 0.6 is 0 Å². The Morgan fingerprint density at radius 3 is 3.00 bits per heavy atom. The Bertz CT molecular complexity index is 541. The highest BCUT2D eigenvalue weighted by molar-refractivity contribution is 5.78. The van der Waals surface area contributed by atoms with E-state index >= 15 is 0 Å². The van der Waals surface area contributed by atoms with Crippen LogP contribution in [0, 0.1) is 0 Å². The summed E-state index contributed by atoms with van der Waals surface area (Å²) in [5, 5.41) is 4.57. The summed E-state index contributed by atoms with van der Waals surface area (Å²) in [5.41, 5.74) is 2.05. The molecule has 0 spiro atoms. The van der Waals surface area contributed by atoms with Crippen LogP contribution < -0.4 is 5.32 Å². The largest absolute Gasteiger partial charge is 0.371 e. The summed E-state index contributed by atoms with van der Waals surface area (Å²) >= 11 is 0. The van der Waals surface area contributed by atoms with Crippen molar-refractivity contribution in [3.8, 4) is 0 Å². The van der Waals surface area contributed by atoms with Crippen molar-refractivity contribution in [1.29, 1.82) is 0 Å². The molecule has 1 aliphatic rings. The Morgan fingerprint density at radius 2 is 2.17 bits per heavy atom. The van der Waals surface area contributed by atoms with E-state index in [2.05, 4.69) is 29.4 Å². The van der Waals surface area contributed by atoms with E-state index in [1.54, 1.807) is 0 Å². The molecule has 0 bridgehead atoms. The van der Waals surface area contributed by atoms with E-state index in [1.165, 1.54) is 5.39 Å². The second-order valence-electron chi connectivity index (χ2n) is 4.97. The van der Waals surface area contributed by atoms with Crippen molar-refractivity contribution in [3.63, 3.8) is 0 Å². The van der Waals surface area contributed by atoms with E-state index in [1.807, 2.05) is 24.3 Å². The van der Waals surface area contributed by atoms with Gasteiger partial charge in [0.15, 0.2) is 0 Å². The second-order valence-corrected chi connectivity index (χ2v) is 4.97. The number of aromatic nitrogens is 1. The fourth-order valence-electron chi connectivity index (χ4n) is 2.41. The molecule has 3 heteroatoms. The van der Waals surface area contributed by atoms with Crippen LogP contribution in [-0.2, 0) is 11.3 Å². The zero-order valence-electron chi connectivity index (χ0n) is 10.6. The van der Waals surface area contributed by atoms with Crippen LogP contribution in [0.5, 0.6) is 0 Å². The van der Waals surface area contributed by atoms with E-state index in [4.69, 9.17) is 4.74 Å². The molecule has 1 fully saturated rings. The topological polar surface area (TPSA) is 34.1 Å². The van der Waals surface area contributed by atoms with Crippen molar-refractivity contribution in [2.45, 2.75) is 32.1 Å². The minimum absolute atomic E-state index is 0.327. The van der Waals surface area contributed by atoms with Gasteiger partial charge >= 0.3 is 0 Å². The first-order chi connectivity index (χ1) is 8.81. The van der Waals surface area contributed by atoms with Gasteiger partial charge in [0.25, 0.3) is 0 Å². The predicted octanol–water partition coefficient (Wildman–Crippen LogP) is 2.50. The van der Waals surface area contributed by atoms with Crippen LogP contribution in [0.3, 0.4) is 0 Å². The molecule has 0 saturated carbocycles. The molecule has 1 aromatic heterocycles. The fraction of sp³-hybridized carbons (Fsp3) is 0.400. The van der Waals surface area contributed by atoms with Crippen LogP contribution in [0.25, 0.3) is 10.9 Å². The number of hydrogen-bond donors (Lipinski definition) is 1. The Morgan fingerprint density at radius 1 is 1.28 bits per heavy atom. The SMILES string of the molecule is CC1CC(OCc2ccc3ccccc3n2)CN1. The minimum atomic E-state index is 0.327. The molecule has 1 aliphatic heterocycles. The number of para-hydroxylation sites is 1. The first-order valence-electron chi connectivity index (χ1n) is 6.51. The van der Waals surface area contributed by atoms with Crippen molar-refractivity contribution < 1.29 is 4.74 Å². The molecule has 2 heterocycles. The lowest BCUT2D eigenvalue weighted by molar-refractivity contribution is 0.0510. The summed E-state index contributed by atoms with van der Waals surface area (Å²) in [6.45, 7) is 3.75. The molecule has 94 valence electrons. The number of fused-ring (bicyclic) bond motifs is 1. The maximum absolute atomic E-state index is 5.88. The van der Waals surface area contributed by atoms with Crippen molar-refractivity contribution >= 4 is 10.9 Å². The molecule has 0 radical (unpaired) electrons. The number of rotatable bonds is 3. The first-order valence-corrected chi connectivity index (χ1v) is 6.51. The summed E-state index contributed by atoms with van der Waals surface area (Å²) in [7, 11) is 0. The predicted molar refractivity (Wildman–Crippen MR) is 72.4 cm³/mol. The molecule has 0 amide bonds. The first kappa shape index (κ1) is 11.6. The third-order valence-electron chi connectivity index (χ3n) is 3.43. The van der Waals surface area contributed by atoms with Crippen LogP contribution in [0.4, 0.5) is 0 Å². The minimum Gasteiger partial charge on any atom is -0.371 e.